The van der Waals surface area contributed by atoms with Crippen molar-refractivity contribution >= 4 is 0 Å². The van der Waals surface area contributed by atoms with Gasteiger partial charge in [0.2, 0.25) is 0 Å². The molecule has 0 atom stereocenters. The topological polar surface area (TPSA) is 28.7 Å². The van der Waals surface area contributed by atoms with Gasteiger partial charge in [-0.1, -0.05) is 46.0 Å². The maximum absolute atomic E-state index is 4.17. The molecule has 2 nitrogen and oxygen atoms in total. The second kappa shape index (κ2) is 8.37. The molecule has 0 unspecified atom stereocenters. The molecular weight excluding hydrogens is 196 g/mol. The molecule has 1 aromatic rings. The van der Waals surface area contributed by atoms with Crippen LogP contribution in [-0.2, 0) is 12.8 Å². The van der Waals surface area contributed by atoms with Crippen LogP contribution in [0.4, 0.5) is 0 Å². The van der Waals surface area contributed by atoms with E-state index in [1.54, 1.807) is 0 Å². The van der Waals surface area contributed by atoms with Crippen LogP contribution in [0.2, 0.25) is 0 Å². The van der Waals surface area contributed by atoms with E-state index in [2.05, 4.69) is 24.0 Å². The van der Waals surface area contributed by atoms with Gasteiger partial charge in [0.15, 0.2) is 0 Å². The maximum Gasteiger partial charge on any atom is 0.0522 e. The average molecular weight is 222 g/mol. The second-order valence-corrected chi connectivity index (χ2v) is 4.64. The highest BCUT2D eigenvalue weighted by Crippen LogP contribution is 2.13. The Morgan fingerprint density at radius 3 is 2.38 bits per heavy atom. The second-order valence-electron chi connectivity index (χ2n) is 4.64. The highest BCUT2D eigenvalue weighted by molar-refractivity contribution is 5.16. The molecule has 2 heteroatoms. The smallest absolute Gasteiger partial charge is 0.0522 e. The zero-order valence-corrected chi connectivity index (χ0v) is 10.9. The van der Waals surface area contributed by atoms with Crippen LogP contribution in [0.1, 0.15) is 70.1 Å². The summed E-state index contributed by atoms with van der Waals surface area (Å²) in [6.07, 6.45) is 13.7. The van der Waals surface area contributed by atoms with Gasteiger partial charge in [-0.25, -0.2) is 0 Å². The van der Waals surface area contributed by atoms with E-state index in [1.165, 1.54) is 69.0 Å². The molecule has 0 saturated carbocycles. The lowest BCUT2D eigenvalue weighted by Crippen LogP contribution is -1.93. The molecule has 0 aliphatic carbocycles. The molecule has 0 amide bonds. The van der Waals surface area contributed by atoms with Crippen LogP contribution in [0.5, 0.6) is 0 Å². The first-order valence-corrected chi connectivity index (χ1v) is 6.89. The first-order chi connectivity index (χ1) is 7.88. The van der Waals surface area contributed by atoms with Crippen molar-refractivity contribution in [3.05, 3.63) is 17.5 Å². The van der Waals surface area contributed by atoms with Gasteiger partial charge in [-0.2, -0.15) is 5.10 Å². The lowest BCUT2D eigenvalue weighted by Gasteiger charge is -2.02. The van der Waals surface area contributed by atoms with Gasteiger partial charge in [0.1, 0.15) is 0 Å². The Labute approximate surface area is 99.8 Å². The molecule has 0 aromatic carbocycles. The average Bonchev–Trinajstić information content (AvgIpc) is 2.73. The monoisotopic (exact) mass is 222 g/mol. The van der Waals surface area contributed by atoms with Crippen molar-refractivity contribution in [2.24, 2.45) is 0 Å². The van der Waals surface area contributed by atoms with Crippen LogP contribution in [0.3, 0.4) is 0 Å². The van der Waals surface area contributed by atoms with Crippen molar-refractivity contribution in [2.75, 3.05) is 0 Å². The quantitative estimate of drug-likeness (QED) is 0.621. The number of nitrogens with one attached hydrogen (secondary N) is 1. The van der Waals surface area contributed by atoms with Crippen LogP contribution in [-0.4, -0.2) is 10.2 Å². The zero-order chi connectivity index (χ0) is 11.6. The van der Waals surface area contributed by atoms with E-state index in [4.69, 9.17) is 0 Å². The Hall–Kier alpha value is -0.790. The molecule has 0 bridgehead atoms. The number of aryl methyl sites for hydroxylation is 2. The predicted molar refractivity (Wildman–Crippen MR) is 69.7 cm³/mol. The normalized spacial score (nSPS) is 10.9. The van der Waals surface area contributed by atoms with Crippen molar-refractivity contribution in [1.82, 2.24) is 10.2 Å². The Morgan fingerprint density at radius 2 is 1.62 bits per heavy atom. The zero-order valence-electron chi connectivity index (χ0n) is 10.9. The van der Waals surface area contributed by atoms with Crippen LogP contribution in [0.25, 0.3) is 0 Å². The maximum atomic E-state index is 4.17. The highest BCUT2D eigenvalue weighted by Gasteiger charge is 2.04. The van der Waals surface area contributed by atoms with Crippen molar-refractivity contribution in [3.63, 3.8) is 0 Å². The van der Waals surface area contributed by atoms with Crippen molar-refractivity contribution in [2.45, 2.75) is 71.6 Å². The molecule has 1 aromatic heterocycles. The highest BCUT2D eigenvalue weighted by atomic mass is 15.1. The van der Waals surface area contributed by atoms with Crippen molar-refractivity contribution in [1.29, 1.82) is 0 Å². The fourth-order valence-electron chi connectivity index (χ4n) is 2.06. The molecule has 16 heavy (non-hydrogen) atoms. The van der Waals surface area contributed by atoms with Gasteiger partial charge in [0.05, 0.1) is 6.20 Å². The van der Waals surface area contributed by atoms with Crippen LogP contribution in [0.15, 0.2) is 6.20 Å². The molecule has 0 aliphatic heterocycles. The minimum atomic E-state index is 1.18. The third-order valence-corrected chi connectivity index (χ3v) is 3.14. The summed E-state index contributed by atoms with van der Waals surface area (Å²) >= 11 is 0. The molecule has 0 aliphatic rings. The third-order valence-electron chi connectivity index (χ3n) is 3.14. The van der Waals surface area contributed by atoms with Crippen LogP contribution >= 0.6 is 0 Å². The molecule has 0 fully saturated rings. The minimum Gasteiger partial charge on any atom is -0.282 e. The van der Waals surface area contributed by atoms with E-state index in [0.29, 0.717) is 0 Å². The van der Waals surface area contributed by atoms with Gasteiger partial charge in [-0.05, 0) is 31.2 Å². The number of hydrogen-bond acceptors (Lipinski definition) is 1. The van der Waals surface area contributed by atoms with Gasteiger partial charge < -0.3 is 0 Å². The number of aromatic nitrogens is 2. The lowest BCUT2D eigenvalue weighted by atomic mass is 10.0. The van der Waals surface area contributed by atoms with Gasteiger partial charge in [-0.15, -0.1) is 0 Å². The summed E-state index contributed by atoms with van der Waals surface area (Å²) < 4.78 is 0. The molecule has 0 spiro atoms. The molecule has 1 rings (SSSR count). The number of nitrogens with zero attached hydrogens (tertiary/aromatic N) is 1. The van der Waals surface area contributed by atoms with Crippen molar-refractivity contribution < 1.29 is 0 Å². The van der Waals surface area contributed by atoms with E-state index >= 15 is 0 Å². The Morgan fingerprint density at radius 1 is 0.938 bits per heavy atom. The first kappa shape index (κ1) is 13.3. The number of rotatable bonds is 9. The number of H-pyrrole nitrogens is 1. The fourth-order valence-corrected chi connectivity index (χ4v) is 2.06. The van der Waals surface area contributed by atoms with E-state index < -0.39 is 0 Å². The predicted octanol–water partition coefficient (Wildman–Crippen LogP) is 4.27. The van der Waals surface area contributed by atoms with Gasteiger partial charge in [-0.3, -0.25) is 5.10 Å². The van der Waals surface area contributed by atoms with Gasteiger partial charge in [0.25, 0.3) is 0 Å². The molecule has 92 valence electrons. The summed E-state index contributed by atoms with van der Waals surface area (Å²) in [5.74, 6) is 0. The van der Waals surface area contributed by atoms with E-state index in [9.17, 15) is 0 Å². The standard InChI is InChI=1S/C14H26N2/c1-3-5-7-9-11-14-13(12-15-16-14)10-8-6-4-2/h12H,3-11H2,1-2H3,(H,15,16). The minimum absolute atomic E-state index is 1.18. The van der Waals surface area contributed by atoms with Gasteiger partial charge in [0, 0.05) is 5.69 Å². The van der Waals surface area contributed by atoms with E-state index in [0.717, 1.165) is 0 Å². The molecule has 0 saturated heterocycles. The summed E-state index contributed by atoms with van der Waals surface area (Å²) in [6.45, 7) is 4.51. The summed E-state index contributed by atoms with van der Waals surface area (Å²) in [5.41, 5.74) is 2.83. The Bertz CT molecular complexity index is 265. The summed E-state index contributed by atoms with van der Waals surface area (Å²) in [5, 5.41) is 7.33. The Kier molecular flexibility index (Phi) is 6.95. The van der Waals surface area contributed by atoms with Crippen LogP contribution in [0, 0.1) is 0 Å². The molecular formula is C14H26N2. The fraction of sp³-hybridized carbons (Fsp3) is 0.786. The SMILES string of the molecule is CCCCCCc1[nH]ncc1CCCCC. The lowest BCUT2D eigenvalue weighted by molar-refractivity contribution is 0.653. The number of unbranched alkanes of at least 4 members (excludes halogenated alkanes) is 5. The summed E-state index contributed by atoms with van der Waals surface area (Å²) in [4.78, 5) is 0. The van der Waals surface area contributed by atoms with E-state index in [-0.39, 0.29) is 0 Å². The van der Waals surface area contributed by atoms with Crippen molar-refractivity contribution in [3.8, 4) is 0 Å². The van der Waals surface area contributed by atoms with E-state index in [1.807, 2.05) is 6.20 Å². The summed E-state index contributed by atoms with van der Waals surface area (Å²) in [7, 11) is 0. The largest absolute Gasteiger partial charge is 0.282 e. The molecule has 1 N–H and O–H groups in total. The Balaban J connectivity index is 2.26. The molecule has 0 radical (unpaired) electrons. The molecule has 1 heterocycles. The first-order valence-electron chi connectivity index (χ1n) is 6.89. The van der Waals surface area contributed by atoms with Gasteiger partial charge >= 0.3 is 0 Å². The number of hydrogen-bond donors (Lipinski definition) is 1. The third kappa shape index (κ3) is 4.82. The number of aromatic amines is 1. The van der Waals surface area contributed by atoms with Crippen LogP contribution < -0.4 is 0 Å². The summed E-state index contributed by atoms with van der Waals surface area (Å²) in [6, 6.07) is 0.